The Morgan fingerprint density at radius 3 is 2.61 bits per heavy atom. The Hall–Kier alpha value is -1.87. The number of hydrogen-bond donors (Lipinski definition) is 1. The van der Waals surface area contributed by atoms with Crippen LogP contribution in [0.5, 0.6) is 0 Å². The molecule has 1 aromatic rings. The van der Waals surface area contributed by atoms with Crippen molar-refractivity contribution in [3.63, 3.8) is 0 Å². The molecule has 0 saturated carbocycles. The van der Waals surface area contributed by atoms with E-state index in [-0.39, 0.29) is 24.2 Å². The summed E-state index contributed by atoms with van der Waals surface area (Å²) in [5.41, 5.74) is -0.731. The molecule has 0 radical (unpaired) electrons. The van der Waals surface area contributed by atoms with E-state index < -0.39 is 17.7 Å². The Labute approximate surface area is 162 Å². The Kier molecular flexibility index (Phi) is 6.44. The summed E-state index contributed by atoms with van der Waals surface area (Å²) in [5, 5.41) is 9.11. The third-order valence-electron chi connectivity index (χ3n) is 5.82. The van der Waals surface area contributed by atoms with Gasteiger partial charge in [0.05, 0.1) is 5.56 Å². The fourth-order valence-electron chi connectivity index (χ4n) is 4.31. The first kappa shape index (κ1) is 20.9. The molecule has 0 bridgehead atoms. The number of halogens is 3. The summed E-state index contributed by atoms with van der Waals surface area (Å²) < 4.78 is 40.2. The average Bonchev–Trinajstić information content (AvgIpc) is 2.66. The van der Waals surface area contributed by atoms with Crippen molar-refractivity contribution in [1.82, 2.24) is 14.8 Å². The predicted molar refractivity (Wildman–Crippen MR) is 99.3 cm³/mol. The van der Waals surface area contributed by atoms with Crippen molar-refractivity contribution in [2.24, 2.45) is 5.92 Å². The molecule has 2 atom stereocenters. The minimum Gasteiger partial charge on any atom is -0.481 e. The molecule has 2 aliphatic heterocycles. The molecular formula is C19H27F3N4O2. The first-order valence-corrected chi connectivity index (χ1v) is 9.67. The summed E-state index contributed by atoms with van der Waals surface area (Å²) in [6.45, 7) is 4.59. The number of carbonyl (C=O) groups is 1. The standard InChI is InChI=1S/C19H27F3N4O2/c1-24-9-11-25(12-10-24)16-6-8-26(13-14(16)4-5-17(27)28)18-15(19(20,21)22)3-2-7-23-18/h2-3,7,14,16H,4-6,8-13H2,1H3,(H,27,28)/t14-,16+/m0/s1. The minimum absolute atomic E-state index is 0.00338. The lowest BCUT2D eigenvalue weighted by Crippen LogP contribution is -2.56. The molecule has 0 aromatic carbocycles. The van der Waals surface area contributed by atoms with Gasteiger partial charge in [0.25, 0.3) is 0 Å². The van der Waals surface area contributed by atoms with Gasteiger partial charge in [0.15, 0.2) is 0 Å². The van der Waals surface area contributed by atoms with Crippen LogP contribution in [0.4, 0.5) is 19.0 Å². The molecule has 3 heterocycles. The van der Waals surface area contributed by atoms with Gasteiger partial charge in [-0.1, -0.05) is 0 Å². The van der Waals surface area contributed by atoms with E-state index in [1.165, 1.54) is 12.3 Å². The van der Waals surface area contributed by atoms with Gasteiger partial charge < -0.3 is 14.9 Å². The highest BCUT2D eigenvalue weighted by Gasteiger charge is 2.39. The molecule has 3 rings (SSSR count). The van der Waals surface area contributed by atoms with Crippen molar-refractivity contribution in [3.8, 4) is 0 Å². The van der Waals surface area contributed by atoms with Crippen molar-refractivity contribution in [2.75, 3.05) is 51.2 Å². The molecule has 0 aliphatic carbocycles. The van der Waals surface area contributed by atoms with Crippen LogP contribution < -0.4 is 4.90 Å². The lowest BCUT2D eigenvalue weighted by molar-refractivity contribution is -0.138. The highest BCUT2D eigenvalue weighted by molar-refractivity contribution is 5.66. The number of pyridine rings is 1. The first-order valence-electron chi connectivity index (χ1n) is 9.67. The summed E-state index contributed by atoms with van der Waals surface area (Å²) in [6.07, 6.45) is -1.90. The molecule has 2 aliphatic rings. The summed E-state index contributed by atoms with van der Waals surface area (Å²) in [4.78, 5) is 21.4. The van der Waals surface area contributed by atoms with Crippen molar-refractivity contribution in [1.29, 1.82) is 0 Å². The number of anilines is 1. The van der Waals surface area contributed by atoms with E-state index in [1.54, 1.807) is 4.90 Å². The van der Waals surface area contributed by atoms with Crippen molar-refractivity contribution in [3.05, 3.63) is 23.9 Å². The average molecular weight is 400 g/mol. The monoisotopic (exact) mass is 400 g/mol. The topological polar surface area (TPSA) is 59.9 Å². The second-order valence-electron chi connectivity index (χ2n) is 7.71. The van der Waals surface area contributed by atoms with Crippen LogP contribution in [0.15, 0.2) is 18.3 Å². The number of piperazine rings is 1. The lowest BCUT2D eigenvalue weighted by Gasteiger charge is -2.47. The highest BCUT2D eigenvalue weighted by atomic mass is 19.4. The minimum atomic E-state index is -4.46. The van der Waals surface area contributed by atoms with Crippen molar-refractivity contribution >= 4 is 11.8 Å². The van der Waals surface area contributed by atoms with Crippen LogP contribution in [0.1, 0.15) is 24.8 Å². The number of aliphatic carboxylic acids is 1. The number of aromatic nitrogens is 1. The normalized spacial score (nSPS) is 25.1. The maximum atomic E-state index is 13.4. The molecule has 0 spiro atoms. The molecular weight excluding hydrogens is 373 g/mol. The fraction of sp³-hybridized carbons (Fsp3) is 0.684. The molecule has 1 aromatic heterocycles. The Balaban J connectivity index is 1.78. The molecule has 156 valence electrons. The van der Waals surface area contributed by atoms with Gasteiger partial charge in [-0.05, 0) is 37.9 Å². The summed E-state index contributed by atoms with van der Waals surface area (Å²) in [6, 6.07) is 2.55. The zero-order valence-electron chi connectivity index (χ0n) is 16.0. The molecule has 0 amide bonds. The molecule has 28 heavy (non-hydrogen) atoms. The SMILES string of the molecule is CN1CCN([C@@H]2CCN(c3ncccc3C(F)(F)F)C[C@@H]2CCC(=O)O)CC1. The number of nitrogens with zero attached hydrogens (tertiary/aromatic N) is 4. The number of piperidine rings is 1. The lowest BCUT2D eigenvalue weighted by atomic mass is 9.86. The number of hydrogen-bond acceptors (Lipinski definition) is 5. The smallest absolute Gasteiger partial charge is 0.419 e. The second kappa shape index (κ2) is 8.65. The van der Waals surface area contributed by atoms with E-state index in [4.69, 9.17) is 5.11 Å². The van der Waals surface area contributed by atoms with Crippen molar-refractivity contribution in [2.45, 2.75) is 31.5 Å². The van der Waals surface area contributed by atoms with Gasteiger partial charge in [0.2, 0.25) is 0 Å². The predicted octanol–water partition coefficient (Wildman–Crippen LogP) is 2.41. The van der Waals surface area contributed by atoms with Crippen LogP contribution in [0.25, 0.3) is 0 Å². The maximum absolute atomic E-state index is 13.4. The quantitative estimate of drug-likeness (QED) is 0.819. The Bertz CT molecular complexity index is 677. The van der Waals surface area contributed by atoms with E-state index in [2.05, 4.69) is 21.8 Å². The van der Waals surface area contributed by atoms with Gasteiger partial charge in [-0.2, -0.15) is 13.2 Å². The molecule has 2 saturated heterocycles. The number of rotatable bonds is 5. The first-order chi connectivity index (χ1) is 13.3. The Morgan fingerprint density at radius 1 is 1.25 bits per heavy atom. The number of carboxylic acid groups (broad SMARTS) is 1. The largest absolute Gasteiger partial charge is 0.481 e. The summed E-state index contributed by atoms with van der Waals surface area (Å²) >= 11 is 0. The number of alkyl halides is 3. The fourth-order valence-corrected chi connectivity index (χ4v) is 4.31. The van der Waals surface area contributed by atoms with E-state index in [0.29, 0.717) is 25.9 Å². The third kappa shape index (κ3) is 4.94. The summed E-state index contributed by atoms with van der Waals surface area (Å²) in [5.74, 6) is -0.924. The Morgan fingerprint density at radius 2 is 1.96 bits per heavy atom. The van der Waals surface area contributed by atoms with Gasteiger partial charge in [-0.25, -0.2) is 4.98 Å². The second-order valence-corrected chi connectivity index (χ2v) is 7.71. The van der Waals surface area contributed by atoms with E-state index >= 15 is 0 Å². The van der Waals surface area contributed by atoms with Crippen LogP contribution in [0.3, 0.4) is 0 Å². The third-order valence-corrected chi connectivity index (χ3v) is 5.82. The van der Waals surface area contributed by atoms with Crippen LogP contribution in [0, 0.1) is 5.92 Å². The van der Waals surface area contributed by atoms with Gasteiger partial charge >= 0.3 is 12.1 Å². The number of carboxylic acids is 1. The molecule has 0 unspecified atom stereocenters. The molecule has 1 N–H and O–H groups in total. The zero-order valence-corrected chi connectivity index (χ0v) is 16.0. The van der Waals surface area contributed by atoms with E-state index in [0.717, 1.165) is 32.2 Å². The molecule has 2 fully saturated rings. The van der Waals surface area contributed by atoms with Gasteiger partial charge in [0, 0.05) is 57.9 Å². The van der Waals surface area contributed by atoms with Gasteiger partial charge in [-0.15, -0.1) is 0 Å². The van der Waals surface area contributed by atoms with Gasteiger partial charge in [-0.3, -0.25) is 9.69 Å². The maximum Gasteiger partial charge on any atom is 0.419 e. The number of likely N-dealkylation sites (N-methyl/N-ethyl adjacent to an activating group) is 1. The van der Waals surface area contributed by atoms with Crippen LogP contribution >= 0.6 is 0 Å². The zero-order chi connectivity index (χ0) is 20.3. The summed E-state index contributed by atoms with van der Waals surface area (Å²) in [7, 11) is 2.07. The van der Waals surface area contributed by atoms with E-state index in [9.17, 15) is 18.0 Å². The van der Waals surface area contributed by atoms with Crippen LogP contribution in [-0.4, -0.2) is 78.2 Å². The molecule has 9 heteroatoms. The molecule has 6 nitrogen and oxygen atoms in total. The van der Waals surface area contributed by atoms with Gasteiger partial charge in [0.1, 0.15) is 5.82 Å². The van der Waals surface area contributed by atoms with Crippen LogP contribution in [0.2, 0.25) is 0 Å². The van der Waals surface area contributed by atoms with E-state index in [1.807, 2.05) is 0 Å². The van der Waals surface area contributed by atoms with Crippen LogP contribution in [-0.2, 0) is 11.0 Å². The van der Waals surface area contributed by atoms with Crippen molar-refractivity contribution < 1.29 is 23.1 Å². The highest BCUT2D eigenvalue weighted by Crippen LogP contribution is 2.37.